The van der Waals surface area contributed by atoms with Crippen LogP contribution in [0.25, 0.3) is 0 Å². The molecule has 4 heteroatoms. The molecule has 0 bridgehead atoms. The lowest BCUT2D eigenvalue weighted by Gasteiger charge is -1.91. The molecule has 42 valence electrons. The van der Waals surface area contributed by atoms with E-state index in [1.165, 1.54) is 0 Å². The first-order chi connectivity index (χ1) is 3.71. The summed E-state index contributed by atoms with van der Waals surface area (Å²) < 4.78 is 20.8. The number of hydrogen-bond acceptors (Lipinski definition) is 3. The zero-order valence-corrected chi connectivity index (χ0v) is 4.77. The van der Waals surface area contributed by atoms with E-state index >= 15 is 0 Å². The molecule has 0 saturated carbocycles. The van der Waals surface area contributed by atoms with E-state index in [1.54, 1.807) is 0 Å². The third kappa shape index (κ3) is 1.16. The van der Waals surface area contributed by atoms with Crippen LogP contribution in [-0.4, -0.2) is 20.4 Å². The van der Waals surface area contributed by atoms with Gasteiger partial charge in [0.1, 0.15) is 6.20 Å². The minimum absolute atomic E-state index is 0.111. The van der Waals surface area contributed by atoms with Crippen molar-refractivity contribution in [3.63, 3.8) is 0 Å². The van der Waals surface area contributed by atoms with Crippen molar-refractivity contribution in [2.45, 2.75) is 0 Å². The Labute approximate surface area is 47.7 Å². The molecule has 1 heterocycles. The van der Waals surface area contributed by atoms with Gasteiger partial charge in [0.05, 0.1) is 17.4 Å². The Bertz CT molecular complexity index is 224. The van der Waals surface area contributed by atoms with Crippen molar-refractivity contribution in [3.8, 4) is 0 Å². The van der Waals surface area contributed by atoms with Crippen LogP contribution in [0, 0.1) is 6.20 Å². The summed E-state index contributed by atoms with van der Waals surface area (Å²) in [6.07, 6.45) is 4.45. The summed E-state index contributed by atoms with van der Waals surface area (Å²) in [7, 11) is -3.02. The lowest BCUT2D eigenvalue weighted by molar-refractivity contribution is 0.608. The summed E-state index contributed by atoms with van der Waals surface area (Å²) in [5.41, 5.74) is 0. The highest BCUT2D eigenvalue weighted by atomic mass is 32.2. The molecular formula is C4H3NO2S. The maximum absolute atomic E-state index is 10.4. The molecule has 0 saturated heterocycles. The maximum Gasteiger partial charge on any atom is 0.179 e. The SMILES string of the molecule is O=S1(=O)C=[C]N=[C]C1. The summed E-state index contributed by atoms with van der Waals surface area (Å²) >= 11 is 0. The van der Waals surface area contributed by atoms with Gasteiger partial charge in [-0.3, -0.25) is 0 Å². The molecule has 0 aromatic rings. The van der Waals surface area contributed by atoms with E-state index in [4.69, 9.17) is 0 Å². The topological polar surface area (TPSA) is 46.5 Å². The molecule has 0 fully saturated rings. The molecule has 0 spiro atoms. The quantitative estimate of drug-likeness (QED) is 0.448. The van der Waals surface area contributed by atoms with Gasteiger partial charge in [0.2, 0.25) is 0 Å². The van der Waals surface area contributed by atoms with Crippen LogP contribution in [0.5, 0.6) is 0 Å². The second-order valence-corrected chi connectivity index (χ2v) is 3.17. The Morgan fingerprint density at radius 2 is 2.38 bits per heavy atom. The van der Waals surface area contributed by atoms with Gasteiger partial charge in [0.15, 0.2) is 9.84 Å². The lowest BCUT2D eigenvalue weighted by atomic mass is 10.8. The number of rotatable bonds is 0. The van der Waals surface area contributed by atoms with Gasteiger partial charge in [0, 0.05) is 0 Å². The number of sulfone groups is 1. The number of aliphatic imine (C=N–C) groups is 1. The highest BCUT2D eigenvalue weighted by Gasteiger charge is 2.05. The highest BCUT2D eigenvalue weighted by Crippen LogP contribution is 1.94. The van der Waals surface area contributed by atoms with Crippen LogP contribution in [0.4, 0.5) is 0 Å². The van der Waals surface area contributed by atoms with E-state index in [0.717, 1.165) is 5.41 Å². The fourth-order valence-corrected chi connectivity index (χ4v) is 0.857. The van der Waals surface area contributed by atoms with Crippen LogP contribution in [0.15, 0.2) is 10.4 Å². The molecule has 1 aliphatic heterocycles. The van der Waals surface area contributed by atoms with Crippen molar-refractivity contribution >= 4 is 16.1 Å². The Morgan fingerprint density at radius 3 is 2.62 bits per heavy atom. The Hall–Kier alpha value is -0.640. The molecule has 0 aromatic carbocycles. The highest BCUT2D eigenvalue weighted by molar-refractivity contribution is 7.94. The van der Waals surface area contributed by atoms with Gasteiger partial charge in [0.25, 0.3) is 0 Å². The standard InChI is InChI=1S/C4H3NO2S/c6-8(7)3-1-5-2-4-8/h3H,4H2. The van der Waals surface area contributed by atoms with Crippen LogP contribution in [0.3, 0.4) is 0 Å². The van der Waals surface area contributed by atoms with Gasteiger partial charge < -0.3 is 0 Å². The van der Waals surface area contributed by atoms with E-state index in [-0.39, 0.29) is 5.75 Å². The zero-order chi connectivity index (χ0) is 6.04. The van der Waals surface area contributed by atoms with Crippen LogP contribution in [0.2, 0.25) is 0 Å². The number of hydrogen-bond donors (Lipinski definition) is 0. The summed E-state index contributed by atoms with van der Waals surface area (Å²) in [6, 6.07) is 0. The van der Waals surface area contributed by atoms with E-state index in [1.807, 2.05) is 0 Å². The molecular weight excluding hydrogens is 126 g/mol. The monoisotopic (exact) mass is 129 g/mol. The molecule has 0 aromatic heterocycles. The van der Waals surface area contributed by atoms with Gasteiger partial charge in [-0.1, -0.05) is 0 Å². The van der Waals surface area contributed by atoms with Crippen molar-refractivity contribution in [1.82, 2.24) is 0 Å². The predicted octanol–water partition coefficient (Wildman–Crippen LogP) is -0.363. The van der Waals surface area contributed by atoms with Crippen molar-refractivity contribution in [2.24, 2.45) is 4.99 Å². The Balaban J connectivity index is 2.98. The Kier molecular flexibility index (Phi) is 1.17. The molecule has 0 aliphatic carbocycles. The first-order valence-corrected chi connectivity index (χ1v) is 3.66. The molecule has 0 atom stereocenters. The second kappa shape index (κ2) is 1.70. The average molecular weight is 129 g/mol. The molecule has 1 rings (SSSR count). The van der Waals surface area contributed by atoms with Crippen LogP contribution in [0.1, 0.15) is 0 Å². The molecule has 8 heavy (non-hydrogen) atoms. The fraction of sp³-hybridized carbons (Fsp3) is 0.250. The van der Waals surface area contributed by atoms with E-state index in [2.05, 4.69) is 17.4 Å². The third-order valence-corrected chi connectivity index (χ3v) is 1.64. The van der Waals surface area contributed by atoms with Crippen molar-refractivity contribution in [2.75, 3.05) is 5.75 Å². The fourth-order valence-electron chi connectivity index (χ4n) is 0.316. The van der Waals surface area contributed by atoms with Crippen LogP contribution in [-0.2, 0) is 9.84 Å². The first-order valence-electron chi connectivity index (χ1n) is 1.95. The second-order valence-electron chi connectivity index (χ2n) is 1.32. The summed E-state index contributed by atoms with van der Waals surface area (Å²) in [5, 5.41) is 0.948. The zero-order valence-electron chi connectivity index (χ0n) is 3.96. The van der Waals surface area contributed by atoms with Crippen molar-refractivity contribution < 1.29 is 8.42 Å². The summed E-state index contributed by atoms with van der Waals surface area (Å²) in [4.78, 5) is 3.34. The van der Waals surface area contributed by atoms with Crippen LogP contribution >= 0.6 is 0 Å². The normalized spacial score (nSPS) is 23.5. The van der Waals surface area contributed by atoms with Gasteiger partial charge in [-0.15, -0.1) is 0 Å². The summed E-state index contributed by atoms with van der Waals surface area (Å²) in [6.45, 7) is 0. The molecule has 1 aliphatic rings. The largest absolute Gasteiger partial charge is 0.247 e. The van der Waals surface area contributed by atoms with Crippen LogP contribution < -0.4 is 0 Å². The van der Waals surface area contributed by atoms with E-state index < -0.39 is 9.84 Å². The van der Waals surface area contributed by atoms with Crippen molar-refractivity contribution in [1.29, 1.82) is 0 Å². The Morgan fingerprint density at radius 1 is 1.62 bits per heavy atom. The predicted molar refractivity (Wildman–Crippen MR) is 29.0 cm³/mol. The number of nitrogens with zero attached hydrogens (tertiary/aromatic N) is 1. The minimum atomic E-state index is -3.02. The van der Waals surface area contributed by atoms with Gasteiger partial charge in [-0.25, -0.2) is 13.4 Å². The smallest absolute Gasteiger partial charge is 0.179 e. The minimum Gasteiger partial charge on any atom is -0.247 e. The van der Waals surface area contributed by atoms with Crippen molar-refractivity contribution in [3.05, 3.63) is 11.6 Å². The molecule has 3 nitrogen and oxygen atoms in total. The summed E-state index contributed by atoms with van der Waals surface area (Å²) in [5.74, 6) is -0.111. The first kappa shape index (κ1) is 5.50. The molecule has 2 radical (unpaired) electrons. The molecule has 0 unspecified atom stereocenters. The maximum atomic E-state index is 10.4. The lowest BCUT2D eigenvalue weighted by Crippen LogP contribution is -2.05. The average Bonchev–Trinajstić information content (AvgIpc) is 1.65. The molecule has 0 amide bonds. The van der Waals surface area contributed by atoms with Gasteiger partial charge in [-0.2, -0.15) is 0 Å². The van der Waals surface area contributed by atoms with E-state index in [0.29, 0.717) is 0 Å². The van der Waals surface area contributed by atoms with Gasteiger partial charge in [-0.05, 0) is 0 Å². The third-order valence-electron chi connectivity index (χ3n) is 0.642. The molecule has 0 N–H and O–H groups in total. The van der Waals surface area contributed by atoms with Gasteiger partial charge >= 0.3 is 0 Å². The van der Waals surface area contributed by atoms with E-state index in [9.17, 15) is 8.42 Å².